The van der Waals surface area contributed by atoms with Crippen LogP contribution in [0.15, 0.2) is 17.1 Å². The third-order valence-corrected chi connectivity index (χ3v) is 3.95. The molecule has 0 spiro atoms. The van der Waals surface area contributed by atoms with Gasteiger partial charge in [0.25, 0.3) is 5.91 Å². The summed E-state index contributed by atoms with van der Waals surface area (Å²) in [5.74, 6) is -0.242. The van der Waals surface area contributed by atoms with Crippen LogP contribution in [-0.2, 0) is 4.74 Å². The number of morpholine rings is 1. The Balaban J connectivity index is 2.26. The Labute approximate surface area is 126 Å². The maximum Gasteiger partial charge on any atom is 0.259 e. The molecule has 6 heteroatoms. The number of nitrogens with zero attached hydrogens (tertiary/aromatic N) is 1. The SMILES string of the molecule is Cc1cc(=O)c(C(=O)N2CC(CBr)OC(C)(C)C2)c[nH]1. The Kier molecular flexibility index (Phi) is 4.34. The molecule has 1 N–H and O–H groups in total. The molecular formula is C14H19BrN2O3. The number of hydrogen-bond acceptors (Lipinski definition) is 3. The molecule has 1 atom stereocenters. The van der Waals surface area contributed by atoms with E-state index >= 15 is 0 Å². The zero-order valence-electron chi connectivity index (χ0n) is 11.9. The number of alkyl halides is 1. The van der Waals surface area contributed by atoms with Crippen LogP contribution in [0.4, 0.5) is 0 Å². The Morgan fingerprint density at radius 3 is 2.90 bits per heavy atom. The summed E-state index contributed by atoms with van der Waals surface area (Å²) in [4.78, 5) is 29.1. The lowest BCUT2D eigenvalue weighted by Gasteiger charge is -2.42. The number of aromatic amines is 1. The highest BCUT2D eigenvalue weighted by Crippen LogP contribution is 2.23. The fraction of sp³-hybridized carbons (Fsp3) is 0.571. The van der Waals surface area contributed by atoms with Crippen LogP contribution >= 0.6 is 15.9 Å². The van der Waals surface area contributed by atoms with Crippen molar-refractivity contribution in [3.8, 4) is 0 Å². The molecule has 0 bridgehead atoms. The van der Waals surface area contributed by atoms with E-state index in [0.717, 1.165) is 5.69 Å². The first-order chi connectivity index (χ1) is 9.32. The molecule has 1 fully saturated rings. The number of carbonyl (C=O) groups is 1. The van der Waals surface area contributed by atoms with Gasteiger partial charge < -0.3 is 14.6 Å². The van der Waals surface area contributed by atoms with Crippen LogP contribution in [0.2, 0.25) is 0 Å². The van der Waals surface area contributed by atoms with E-state index in [0.29, 0.717) is 18.4 Å². The van der Waals surface area contributed by atoms with E-state index in [1.165, 1.54) is 12.3 Å². The van der Waals surface area contributed by atoms with E-state index in [4.69, 9.17) is 4.74 Å². The van der Waals surface area contributed by atoms with Crippen molar-refractivity contribution < 1.29 is 9.53 Å². The summed E-state index contributed by atoms with van der Waals surface area (Å²) in [5, 5.41) is 0.657. The van der Waals surface area contributed by atoms with Gasteiger partial charge in [-0.3, -0.25) is 9.59 Å². The summed E-state index contributed by atoms with van der Waals surface area (Å²) in [5.41, 5.74) is 0.267. The van der Waals surface area contributed by atoms with Crippen LogP contribution in [0.1, 0.15) is 29.9 Å². The third-order valence-electron chi connectivity index (χ3n) is 3.23. The number of rotatable bonds is 2. The first-order valence-electron chi connectivity index (χ1n) is 6.55. The number of aromatic nitrogens is 1. The van der Waals surface area contributed by atoms with Crippen LogP contribution in [0.3, 0.4) is 0 Å². The summed E-state index contributed by atoms with van der Waals surface area (Å²) in [7, 11) is 0. The molecule has 1 aliphatic heterocycles. The van der Waals surface area contributed by atoms with E-state index in [2.05, 4.69) is 20.9 Å². The van der Waals surface area contributed by atoms with Crippen LogP contribution in [0, 0.1) is 6.92 Å². The van der Waals surface area contributed by atoms with Gasteiger partial charge in [0.1, 0.15) is 5.56 Å². The Hall–Kier alpha value is -1.14. The highest BCUT2D eigenvalue weighted by Gasteiger charge is 2.35. The molecule has 0 aliphatic carbocycles. The molecule has 1 aromatic heterocycles. The molecule has 2 heterocycles. The van der Waals surface area contributed by atoms with Crippen molar-refractivity contribution in [2.75, 3.05) is 18.4 Å². The summed E-state index contributed by atoms with van der Waals surface area (Å²) in [6.45, 7) is 6.64. The Morgan fingerprint density at radius 2 is 2.30 bits per heavy atom. The van der Waals surface area contributed by atoms with Gasteiger partial charge in [0.05, 0.1) is 11.7 Å². The lowest BCUT2D eigenvalue weighted by Crippen LogP contribution is -2.55. The van der Waals surface area contributed by atoms with E-state index < -0.39 is 5.60 Å². The van der Waals surface area contributed by atoms with Crippen LogP contribution in [-0.4, -0.2) is 45.9 Å². The molecule has 20 heavy (non-hydrogen) atoms. The molecule has 2 rings (SSSR count). The zero-order chi connectivity index (χ0) is 14.9. The van der Waals surface area contributed by atoms with Crippen molar-refractivity contribution in [1.29, 1.82) is 0 Å². The van der Waals surface area contributed by atoms with Gasteiger partial charge in [0, 0.05) is 36.4 Å². The van der Waals surface area contributed by atoms with Gasteiger partial charge in [-0.1, -0.05) is 15.9 Å². The molecule has 0 saturated carbocycles. The summed E-state index contributed by atoms with van der Waals surface area (Å²) in [6, 6.07) is 1.45. The van der Waals surface area contributed by atoms with Gasteiger partial charge in [0.2, 0.25) is 0 Å². The summed E-state index contributed by atoms with van der Waals surface area (Å²) in [6.07, 6.45) is 1.43. The van der Waals surface area contributed by atoms with Crippen LogP contribution in [0.25, 0.3) is 0 Å². The standard InChI is InChI=1S/C14H19BrN2O3/c1-9-4-12(18)11(6-16-9)13(19)17-7-10(5-15)20-14(2,3)8-17/h4,6,10H,5,7-8H2,1-3H3,(H,16,18). The van der Waals surface area contributed by atoms with Crippen molar-refractivity contribution in [2.24, 2.45) is 0 Å². The highest BCUT2D eigenvalue weighted by atomic mass is 79.9. The number of amides is 1. The molecule has 5 nitrogen and oxygen atoms in total. The molecule has 1 amide bonds. The second kappa shape index (κ2) is 5.69. The Morgan fingerprint density at radius 1 is 1.60 bits per heavy atom. The quantitative estimate of drug-likeness (QED) is 0.832. The van der Waals surface area contributed by atoms with Gasteiger partial charge in [-0.25, -0.2) is 0 Å². The molecule has 1 aliphatic rings. The number of H-pyrrole nitrogens is 1. The predicted molar refractivity (Wildman–Crippen MR) is 80.4 cm³/mol. The highest BCUT2D eigenvalue weighted by molar-refractivity contribution is 9.09. The van der Waals surface area contributed by atoms with Crippen LogP contribution < -0.4 is 5.43 Å². The van der Waals surface area contributed by atoms with E-state index in [1.807, 2.05) is 13.8 Å². The maximum absolute atomic E-state index is 12.5. The van der Waals surface area contributed by atoms with E-state index in [9.17, 15) is 9.59 Å². The zero-order valence-corrected chi connectivity index (χ0v) is 13.5. The molecule has 1 saturated heterocycles. The Bertz CT molecular complexity index is 568. The fourth-order valence-corrected chi connectivity index (χ4v) is 2.78. The first kappa shape index (κ1) is 15.3. The predicted octanol–water partition coefficient (Wildman–Crippen LogP) is 1.70. The molecule has 1 unspecified atom stereocenters. The molecule has 0 aromatic carbocycles. The first-order valence-corrected chi connectivity index (χ1v) is 7.67. The van der Waals surface area contributed by atoms with E-state index in [-0.39, 0.29) is 23.0 Å². The van der Waals surface area contributed by atoms with Crippen molar-refractivity contribution >= 4 is 21.8 Å². The van der Waals surface area contributed by atoms with Crippen molar-refractivity contribution in [1.82, 2.24) is 9.88 Å². The molecule has 0 radical (unpaired) electrons. The minimum atomic E-state index is -0.413. The summed E-state index contributed by atoms with van der Waals surface area (Å²) >= 11 is 3.39. The number of hydrogen-bond donors (Lipinski definition) is 1. The average Bonchev–Trinajstić information content (AvgIpc) is 2.36. The van der Waals surface area contributed by atoms with Crippen molar-refractivity contribution in [2.45, 2.75) is 32.5 Å². The second-order valence-corrected chi connectivity index (χ2v) is 6.38. The number of ether oxygens (including phenoxy) is 1. The largest absolute Gasteiger partial charge is 0.368 e. The smallest absolute Gasteiger partial charge is 0.259 e. The fourth-order valence-electron chi connectivity index (χ4n) is 2.44. The number of nitrogens with one attached hydrogen (secondary N) is 1. The second-order valence-electron chi connectivity index (χ2n) is 5.73. The van der Waals surface area contributed by atoms with Gasteiger partial charge >= 0.3 is 0 Å². The van der Waals surface area contributed by atoms with Crippen molar-refractivity contribution in [3.05, 3.63) is 33.7 Å². The summed E-state index contributed by atoms with van der Waals surface area (Å²) < 4.78 is 5.86. The normalized spacial score (nSPS) is 21.8. The number of pyridine rings is 1. The third kappa shape index (κ3) is 3.30. The average molecular weight is 343 g/mol. The van der Waals surface area contributed by atoms with Gasteiger partial charge in [-0.05, 0) is 20.8 Å². The van der Waals surface area contributed by atoms with Crippen LogP contribution in [0.5, 0.6) is 0 Å². The molecular weight excluding hydrogens is 324 g/mol. The minimum Gasteiger partial charge on any atom is -0.368 e. The van der Waals surface area contributed by atoms with Gasteiger partial charge in [-0.15, -0.1) is 0 Å². The topological polar surface area (TPSA) is 62.4 Å². The maximum atomic E-state index is 12.5. The number of carbonyl (C=O) groups excluding carboxylic acids is 1. The lowest BCUT2D eigenvalue weighted by atomic mass is 10.0. The van der Waals surface area contributed by atoms with Crippen molar-refractivity contribution in [3.63, 3.8) is 0 Å². The van der Waals surface area contributed by atoms with E-state index in [1.54, 1.807) is 11.8 Å². The van der Waals surface area contributed by atoms with Gasteiger partial charge in [0.15, 0.2) is 5.43 Å². The number of halogens is 1. The number of aryl methyl sites for hydroxylation is 1. The minimum absolute atomic E-state index is 0.0628. The molecule has 110 valence electrons. The molecule has 1 aromatic rings. The lowest BCUT2D eigenvalue weighted by molar-refractivity contribution is -0.116. The monoisotopic (exact) mass is 342 g/mol. The van der Waals surface area contributed by atoms with Gasteiger partial charge in [-0.2, -0.15) is 0 Å².